The van der Waals surface area contributed by atoms with Crippen molar-refractivity contribution in [3.63, 3.8) is 0 Å². The maximum Gasteiger partial charge on any atom is 0.325 e. The number of phenolic OH excluding ortho intramolecular Hbond substituents is 1. The van der Waals surface area contributed by atoms with Gasteiger partial charge in [-0.2, -0.15) is 0 Å². The van der Waals surface area contributed by atoms with Gasteiger partial charge in [0.1, 0.15) is 11.3 Å². The lowest BCUT2D eigenvalue weighted by atomic mass is 9.93. The Balaban J connectivity index is 1.95. The molecule has 0 heterocycles. The lowest BCUT2D eigenvalue weighted by Gasteiger charge is -2.28. The van der Waals surface area contributed by atoms with Gasteiger partial charge in [-0.25, -0.2) is 0 Å². The van der Waals surface area contributed by atoms with Crippen LogP contribution in [0.3, 0.4) is 0 Å². The van der Waals surface area contributed by atoms with E-state index in [1.54, 1.807) is 12.1 Å². The van der Waals surface area contributed by atoms with Gasteiger partial charge in [0.2, 0.25) is 0 Å². The van der Waals surface area contributed by atoms with Gasteiger partial charge in [0.05, 0.1) is 7.11 Å². The molecule has 0 aromatic heterocycles. The maximum absolute atomic E-state index is 12.0. The summed E-state index contributed by atoms with van der Waals surface area (Å²) in [6.45, 7) is 2.78. The van der Waals surface area contributed by atoms with Crippen molar-refractivity contribution in [1.29, 1.82) is 0 Å². The largest absolute Gasteiger partial charge is 0.508 e. The number of hydrogen-bond donors (Lipinski definition) is 2. The topological polar surface area (TPSA) is 58.6 Å². The van der Waals surface area contributed by atoms with Crippen LogP contribution in [0.15, 0.2) is 24.3 Å². The Hall–Kier alpha value is -1.55. The summed E-state index contributed by atoms with van der Waals surface area (Å²) >= 11 is 0. The van der Waals surface area contributed by atoms with Crippen molar-refractivity contribution in [2.24, 2.45) is 5.92 Å². The van der Waals surface area contributed by atoms with Crippen LogP contribution in [-0.2, 0) is 16.0 Å². The van der Waals surface area contributed by atoms with Crippen LogP contribution in [-0.4, -0.2) is 30.3 Å². The summed E-state index contributed by atoms with van der Waals surface area (Å²) in [5.41, 5.74) is 0.459. The smallest absolute Gasteiger partial charge is 0.325 e. The van der Waals surface area contributed by atoms with Crippen LogP contribution >= 0.6 is 0 Å². The number of carbonyl (C=O) groups is 1. The molecule has 4 heteroatoms. The zero-order valence-corrected chi connectivity index (χ0v) is 12.2. The van der Waals surface area contributed by atoms with E-state index in [9.17, 15) is 9.90 Å². The van der Waals surface area contributed by atoms with E-state index in [2.05, 4.69) is 5.32 Å². The SMILES string of the molecule is COC(=O)C(C)(CCc1ccc(O)cc1)NCC1CC1. The minimum absolute atomic E-state index is 0.211. The first-order valence-electron chi connectivity index (χ1n) is 7.15. The second-order valence-electron chi connectivity index (χ2n) is 5.81. The van der Waals surface area contributed by atoms with E-state index in [1.807, 2.05) is 19.1 Å². The van der Waals surface area contributed by atoms with Crippen LogP contribution in [0.5, 0.6) is 5.75 Å². The summed E-state index contributed by atoms with van der Waals surface area (Å²) in [6.07, 6.45) is 3.95. The van der Waals surface area contributed by atoms with E-state index >= 15 is 0 Å². The molecule has 20 heavy (non-hydrogen) atoms. The predicted octanol–water partition coefficient (Wildman–Crippen LogP) is 2.26. The molecule has 1 aliphatic carbocycles. The highest BCUT2D eigenvalue weighted by atomic mass is 16.5. The van der Waals surface area contributed by atoms with Gasteiger partial charge in [-0.15, -0.1) is 0 Å². The highest BCUT2D eigenvalue weighted by Crippen LogP contribution is 2.29. The Morgan fingerprint density at radius 1 is 1.40 bits per heavy atom. The van der Waals surface area contributed by atoms with Crippen molar-refractivity contribution in [2.75, 3.05) is 13.7 Å². The number of rotatable bonds is 7. The van der Waals surface area contributed by atoms with Crippen LogP contribution in [0.25, 0.3) is 0 Å². The van der Waals surface area contributed by atoms with Gasteiger partial charge in [0.15, 0.2) is 0 Å². The zero-order valence-electron chi connectivity index (χ0n) is 12.2. The molecule has 1 aromatic rings. The molecule has 0 saturated heterocycles. The number of benzene rings is 1. The average molecular weight is 277 g/mol. The highest BCUT2D eigenvalue weighted by molar-refractivity contribution is 5.80. The number of aryl methyl sites for hydroxylation is 1. The van der Waals surface area contributed by atoms with Gasteiger partial charge in [-0.1, -0.05) is 12.1 Å². The molecule has 2 rings (SSSR count). The number of methoxy groups -OCH3 is 1. The Kier molecular flexibility index (Phi) is 4.65. The van der Waals surface area contributed by atoms with E-state index in [0.717, 1.165) is 18.5 Å². The van der Waals surface area contributed by atoms with Crippen molar-refractivity contribution in [3.05, 3.63) is 29.8 Å². The van der Waals surface area contributed by atoms with E-state index in [0.29, 0.717) is 12.3 Å². The summed E-state index contributed by atoms with van der Waals surface area (Å²) in [5.74, 6) is 0.765. The van der Waals surface area contributed by atoms with Gasteiger partial charge in [0, 0.05) is 0 Å². The summed E-state index contributed by atoms with van der Waals surface area (Å²) in [4.78, 5) is 12.0. The summed E-state index contributed by atoms with van der Waals surface area (Å²) in [5, 5.41) is 12.6. The molecule has 0 radical (unpaired) electrons. The minimum Gasteiger partial charge on any atom is -0.508 e. The summed E-state index contributed by atoms with van der Waals surface area (Å²) < 4.78 is 4.93. The van der Waals surface area contributed by atoms with Crippen molar-refractivity contribution < 1.29 is 14.6 Å². The minimum atomic E-state index is -0.644. The Bertz CT molecular complexity index is 453. The number of phenols is 1. The standard InChI is InChI=1S/C16H23NO3/c1-16(15(19)20-2,17-11-13-3-4-13)10-9-12-5-7-14(18)8-6-12/h5-8,13,17-18H,3-4,9-11H2,1-2H3. The molecule has 1 aromatic carbocycles. The van der Waals surface area contributed by atoms with Crippen LogP contribution in [0.1, 0.15) is 31.7 Å². The quantitative estimate of drug-likeness (QED) is 0.751. The molecule has 110 valence electrons. The molecule has 0 amide bonds. The number of esters is 1. The number of ether oxygens (including phenoxy) is 1. The molecule has 2 N–H and O–H groups in total. The molecule has 1 saturated carbocycles. The van der Waals surface area contributed by atoms with Gasteiger partial charge < -0.3 is 15.2 Å². The Labute approximate surface area is 120 Å². The molecular weight excluding hydrogens is 254 g/mol. The maximum atomic E-state index is 12.0. The van der Waals surface area contributed by atoms with Gasteiger partial charge in [0.25, 0.3) is 0 Å². The van der Waals surface area contributed by atoms with Crippen LogP contribution in [0.4, 0.5) is 0 Å². The second kappa shape index (κ2) is 6.27. The third-order valence-electron chi connectivity index (χ3n) is 3.96. The lowest BCUT2D eigenvalue weighted by Crippen LogP contribution is -2.51. The highest BCUT2D eigenvalue weighted by Gasteiger charge is 2.35. The fourth-order valence-corrected chi connectivity index (χ4v) is 2.24. The van der Waals surface area contributed by atoms with Crippen molar-refractivity contribution in [1.82, 2.24) is 5.32 Å². The summed E-state index contributed by atoms with van der Waals surface area (Å²) in [7, 11) is 1.43. The van der Waals surface area contributed by atoms with Crippen LogP contribution in [0, 0.1) is 5.92 Å². The van der Waals surface area contributed by atoms with Crippen LogP contribution in [0.2, 0.25) is 0 Å². The molecule has 1 fully saturated rings. The van der Waals surface area contributed by atoms with Crippen molar-refractivity contribution >= 4 is 5.97 Å². The number of nitrogens with one attached hydrogen (secondary N) is 1. The van der Waals surface area contributed by atoms with Crippen molar-refractivity contribution in [2.45, 2.75) is 38.1 Å². The van der Waals surface area contributed by atoms with Crippen molar-refractivity contribution in [3.8, 4) is 5.75 Å². The molecule has 1 aliphatic rings. The molecule has 0 bridgehead atoms. The zero-order chi connectivity index (χ0) is 14.6. The third kappa shape index (κ3) is 3.97. The molecule has 1 atom stereocenters. The molecule has 0 spiro atoms. The fourth-order valence-electron chi connectivity index (χ4n) is 2.24. The lowest BCUT2D eigenvalue weighted by molar-refractivity contribution is -0.148. The summed E-state index contributed by atoms with van der Waals surface area (Å²) in [6, 6.07) is 7.10. The number of carbonyl (C=O) groups excluding carboxylic acids is 1. The predicted molar refractivity (Wildman–Crippen MR) is 77.6 cm³/mol. The van der Waals surface area contributed by atoms with E-state index in [-0.39, 0.29) is 11.7 Å². The fraction of sp³-hybridized carbons (Fsp3) is 0.562. The monoisotopic (exact) mass is 277 g/mol. The molecular formula is C16H23NO3. The third-order valence-corrected chi connectivity index (χ3v) is 3.96. The molecule has 4 nitrogen and oxygen atoms in total. The average Bonchev–Trinajstić information content (AvgIpc) is 3.28. The number of hydrogen-bond acceptors (Lipinski definition) is 4. The van der Waals surface area contributed by atoms with E-state index < -0.39 is 5.54 Å². The van der Waals surface area contributed by atoms with Crippen LogP contribution < -0.4 is 5.32 Å². The second-order valence-corrected chi connectivity index (χ2v) is 5.81. The molecule has 1 unspecified atom stereocenters. The van der Waals surface area contributed by atoms with E-state index in [1.165, 1.54) is 20.0 Å². The van der Waals surface area contributed by atoms with Gasteiger partial charge >= 0.3 is 5.97 Å². The Morgan fingerprint density at radius 2 is 2.05 bits per heavy atom. The first kappa shape index (κ1) is 14.9. The first-order valence-corrected chi connectivity index (χ1v) is 7.15. The van der Waals surface area contributed by atoms with Gasteiger partial charge in [-0.3, -0.25) is 4.79 Å². The number of aromatic hydroxyl groups is 1. The Morgan fingerprint density at radius 3 is 2.60 bits per heavy atom. The first-order chi connectivity index (χ1) is 9.53. The normalized spacial score (nSPS) is 17.5. The van der Waals surface area contributed by atoms with E-state index in [4.69, 9.17) is 4.74 Å². The molecule has 0 aliphatic heterocycles. The van der Waals surface area contributed by atoms with Gasteiger partial charge in [-0.05, 0) is 62.8 Å².